The van der Waals surface area contributed by atoms with Gasteiger partial charge in [0.15, 0.2) is 0 Å². The van der Waals surface area contributed by atoms with Gasteiger partial charge in [0.25, 0.3) is 11.8 Å². The summed E-state index contributed by atoms with van der Waals surface area (Å²) < 4.78 is 5.02. The molecule has 0 bridgehead atoms. The molecule has 0 radical (unpaired) electrons. The minimum Gasteiger partial charge on any atom is -0.434 e. The van der Waals surface area contributed by atoms with Gasteiger partial charge in [0.2, 0.25) is 12.1 Å². The number of fused-ring (bicyclic) bond motifs is 1. The SMILES string of the molecule is CC(=O)Nc1cccc2c1C(=O)N(C1C=C(C)C(=O)O1)C2=O. The van der Waals surface area contributed by atoms with Crippen LogP contribution in [0.15, 0.2) is 29.8 Å². The van der Waals surface area contributed by atoms with E-state index in [9.17, 15) is 19.2 Å². The molecule has 2 heterocycles. The third kappa shape index (κ3) is 1.98. The number of nitrogens with one attached hydrogen (secondary N) is 1. The van der Waals surface area contributed by atoms with Gasteiger partial charge in [-0.15, -0.1) is 0 Å². The molecule has 112 valence electrons. The largest absolute Gasteiger partial charge is 0.434 e. The van der Waals surface area contributed by atoms with E-state index < -0.39 is 24.0 Å². The topological polar surface area (TPSA) is 92.8 Å². The van der Waals surface area contributed by atoms with E-state index in [0.29, 0.717) is 5.57 Å². The summed E-state index contributed by atoms with van der Waals surface area (Å²) in [5.41, 5.74) is 0.876. The zero-order valence-electron chi connectivity index (χ0n) is 11.9. The van der Waals surface area contributed by atoms with Gasteiger partial charge in [0.1, 0.15) is 0 Å². The highest BCUT2D eigenvalue weighted by Gasteiger charge is 2.44. The van der Waals surface area contributed by atoms with Crippen molar-refractivity contribution in [3.8, 4) is 0 Å². The fraction of sp³-hybridized carbons (Fsp3) is 0.200. The molecule has 22 heavy (non-hydrogen) atoms. The highest BCUT2D eigenvalue weighted by molar-refractivity contribution is 6.24. The molecular formula is C15H12N2O5. The quantitative estimate of drug-likeness (QED) is 0.651. The first-order valence-corrected chi connectivity index (χ1v) is 6.58. The first kappa shape index (κ1) is 14.0. The number of ether oxygens (including phenoxy) is 1. The Balaban J connectivity index is 2.02. The first-order chi connectivity index (χ1) is 10.4. The molecule has 7 heteroatoms. The summed E-state index contributed by atoms with van der Waals surface area (Å²) in [6, 6.07) is 4.60. The van der Waals surface area contributed by atoms with Crippen LogP contribution in [0.2, 0.25) is 0 Å². The van der Waals surface area contributed by atoms with Crippen molar-refractivity contribution in [2.24, 2.45) is 0 Å². The maximum absolute atomic E-state index is 12.5. The molecule has 1 unspecified atom stereocenters. The first-order valence-electron chi connectivity index (χ1n) is 6.58. The Morgan fingerprint density at radius 2 is 1.95 bits per heavy atom. The molecule has 0 aromatic heterocycles. The van der Waals surface area contributed by atoms with Crippen LogP contribution in [0.5, 0.6) is 0 Å². The molecule has 7 nitrogen and oxygen atoms in total. The third-order valence-corrected chi connectivity index (χ3v) is 3.45. The number of anilines is 1. The standard InChI is InChI=1S/C15H12N2O5/c1-7-6-11(22-15(7)21)17-13(19)9-4-3-5-10(16-8(2)18)12(9)14(17)20/h3-6,11H,1-2H3,(H,16,18). The van der Waals surface area contributed by atoms with Crippen molar-refractivity contribution < 1.29 is 23.9 Å². The lowest BCUT2D eigenvalue weighted by atomic mass is 10.1. The van der Waals surface area contributed by atoms with E-state index in [4.69, 9.17) is 4.74 Å². The molecule has 0 saturated carbocycles. The van der Waals surface area contributed by atoms with E-state index >= 15 is 0 Å². The second-order valence-electron chi connectivity index (χ2n) is 5.04. The van der Waals surface area contributed by atoms with Crippen LogP contribution in [0.4, 0.5) is 5.69 Å². The summed E-state index contributed by atoms with van der Waals surface area (Å²) >= 11 is 0. The van der Waals surface area contributed by atoms with E-state index in [1.807, 2.05) is 0 Å². The number of carbonyl (C=O) groups excluding carboxylic acids is 4. The number of hydrogen-bond donors (Lipinski definition) is 1. The predicted molar refractivity (Wildman–Crippen MR) is 74.9 cm³/mol. The average Bonchev–Trinajstić information content (AvgIpc) is 2.89. The second kappa shape index (κ2) is 4.80. The van der Waals surface area contributed by atoms with Crippen LogP contribution in [0.25, 0.3) is 0 Å². The third-order valence-electron chi connectivity index (χ3n) is 3.45. The molecule has 1 aromatic rings. The number of esters is 1. The molecule has 1 aromatic carbocycles. The van der Waals surface area contributed by atoms with Crippen molar-refractivity contribution in [1.29, 1.82) is 0 Å². The zero-order chi connectivity index (χ0) is 16.0. The van der Waals surface area contributed by atoms with Crippen LogP contribution in [-0.4, -0.2) is 34.8 Å². The summed E-state index contributed by atoms with van der Waals surface area (Å²) in [6.07, 6.45) is 0.368. The Kier molecular flexibility index (Phi) is 3.05. The van der Waals surface area contributed by atoms with E-state index in [1.165, 1.54) is 25.1 Å². The van der Waals surface area contributed by atoms with Crippen molar-refractivity contribution in [2.45, 2.75) is 20.1 Å². The van der Waals surface area contributed by atoms with Crippen LogP contribution in [0, 0.1) is 0 Å². The summed E-state index contributed by atoms with van der Waals surface area (Å²) in [6.45, 7) is 2.85. The minimum absolute atomic E-state index is 0.108. The lowest BCUT2D eigenvalue weighted by molar-refractivity contribution is -0.143. The number of benzene rings is 1. The number of hydrogen-bond acceptors (Lipinski definition) is 5. The maximum atomic E-state index is 12.5. The molecule has 0 spiro atoms. The number of cyclic esters (lactones) is 1. The smallest absolute Gasteiger partial charge is 0.335 e. The molecule has 1 atom stereocenters. The molecular weight excluding hydrogens is 288 g/mol. The van der Waals surface area contributed by atoms with Crippen LogP contribution in [-0.2, 0) is 14.3 Å². The van der Waals surface area contributed by atoms with Gasteiger partial charge in [-0.05, 0) is 25.1 Å². The molecule has 1 N–H and O–H groups in total. The highest BCUT2D eigenvalue weighted by Crippen LogP contribution is 2.32. The molecule has 0 aliphatic carbocycles. The Morgan fingerprint density at radius 3 is 2.55 bits per heavy atom. The van der Waals surface area contributed by atoms with E-state index in [1.54, 1.807) is 13.0 Å². The number of carbonyl (C=O) groups is 4. The fourth-order valence-corrected chi connectivity index (χ4v) is 2.47. The van der Waals surface area contributed by atoms with Crippen molar-refractivity contribution in [3.05, 3.63) is 41.0 Å². The van der Waals surface area contributed by atoms with Crippen molar-refractivity contribution >= 4 is 29.4 Å². The van der Waals surface area contributed by atoms with Crippen LogP contribution >= 0.6 is 0 Å². The maximum Gasteiger partial charge on any atom is 0.335 e. The normalized spacial score (nSPS) is 19.9. The molecule has 3 amide bonds. The Bertz CT molecular complexity index is 765. The summed E-state index contributed by atoms with van der Waals surface area (Å²) in [5.74, 6) is -2.08. The molecule has 2 aliphatic heterocycles. The fourth-order valence-electron chi connectivity index (χ4n) is 2.47. The summed E-state index contributed by atoms with van der Waals surface area (Å²) in [4.78, 5) is 48.5. The van der Waals surface area contributed by atoms with E-state index in [-0.39, 0.29) is 22.7 Å². The monoisotopic (exact) mass is 300 g/mol. The Labute approximate surface area is 125 Å². The Hall–Kier alpha value is -2.96. The average molecular weight is 300 g/mol. The number of rotatable bonds is 2. The van der Waals surface area contributed by atoms with Gasteiger partial charge in [0, 0.05) is 12.5 Å². The lowest BCUT2D eigenvalue weighted by Crippen LogP contribution is -2.39. The molecule has 0 saturated heterocycles. The van der Waals surface area contributed by atoms with E-state index in [2.05, 4.69) is 5.32 Å². The number of imide groups is 1. The highest BCUT2D eigenvalue weighted by atomic mass is 16.6. The molecule has 0 fully saturated rings. The van der Waals surface area contributed by atoms with Gasteiger partial charge in [0.05, 0.1) is 16.8 Å². The van der Waals surface area contributed by atoms with Crippen LogP contribution in [0.1, 0.15) is 34.6 Å². The van der Waals surface area contributed by atoms with Gasteiger partial charge in [-0.1, -0.05) is 6.07 Å². The second-order valence-corrected chi connectivity index (χ2v) is 5.04. The number of amides is 3. The van der Waals surface area contributed by atoms with Crippen molar-refractivity contribution in [3.63, 3.8) is 0 Å². The summed E-state index contributed by atoms with van der Waals surface area (Å²) in [5, 5.41) is 2.52. The van der Waals surface area contributed by atoms with Gasteiger partial charge >= 0.3 is 5.97 Å². The molecule has 2 aliphatic rings. The van der Waals surface area contributed by atoms with Gasteiger partial charge in [-0.25, -0.2) is 9.69 Å². The van der Waals surface area contributed by atoms with Crippen molar-refractivity contribution in [2.75, 3.05) is 5.32 Å². The molecule has 3 rings (SSSR count). The Morgan fingerprint density at radius 1 is 1.23 bits per heavy atom. The van der Waals surface area contributed by atoms with Crippen LogP contribution in [0.3, 0.4) is 0 Å². The minimum atomic E-state index is -1.05. The van der Waals surface area contributed by atoms with Gasteiger partial charge < -0.3 is 10.1 Å². The van der Waals surface area contributed by atoms with E-state index in [0.717, 1.165) is 4.90 Å². The zero-order valence-corrected chi connectivity index (χ0v) is 11.9. The van der Waals surface area contributed by atoms with Crippen LogP contribution < -0.4 is 5.32 Å². The van der Waals surface area contributed by atoms with Crippen molar-refractivity contribution in [1.82, 2.24) is 4.90 Å². The number of nitrogens with zero attached hydrogens (tertiary/aromatic N) is 1. The lowest BCUT2D eigenvalue weighted by Gasteiger charge is -2.19. The summed E-state index contributed by atoms with van der Waals surface area (Å²) in [7, 11) is 0. The predicted octanol–water partition coefficient (Wildman–Crippen LogP) is 1.07. The van der Waals surface area contributed by atoms with Gasteiger partial charge in [-0.2, -0.15) is 0 Å². The van der Waals surface area contributed by atoms with Gasteiger partial charge in [-0.3, -0.25) is 14.4 Å².